The molecule has 4 heteroatoms. The van der Waals surface area contributed by atoms with Crippen LogP contribution in [0.5, 0.6) is 0 Å². The molecule has 0 aliphatic carbocycles. The van der Waals surface area contributed by atoms with Crippen molar-refractivity contribution in [2.24, 2.45) is 0 Å². The van der Waals surface area contributed by atoms with E-state index < -0.39 is 6.09 Å². The maximum atomic E-state index is 10.8. The second-order valence-corrected chi connectivity index (χ2v) is 3.61. The molecule has 4 nitrogen and oxygen atoms in total. The van der Waals surface area contributed by atoms with E-state index in [2.05, 4.69) is 0 Å². The lowest BCUT2D eigenvalue weighted by Gasteiger charge is -2.34. The highest BCUT2D eigenvalue weighted by Crippen LogP contribution is 2.19. The number of nitrogens with zero attached hydrogens (tertiary/aromatic N) is 1. The van der Waals surface area contributed by atoms with Crippen molar-refractivity contribution in [1.82, 2.24) is 4.90 Å². The van der Waals surface area contributed by atoms with E-state index in [-0.39, 0.29) is 12.3 Å². The molecule has 0 radical (unpaired) electrons. The smallest absolute Gasteiger partial charge is 0.409 e. The first kappa shape index (κ1) is 10.3. The summed E-state index contributed by atoms with van der Waals surface area (Å²) in [5.41, 5.74) is 0. The number of amides is 1. The topological polar surface area (TPSA) is 49.8 Å². The summed E-state index contributed by atoms with van der Waals surface area (Å²) in [6, 6.07) is 0. The maximum Gasteiger partial charge on any atom is 0.409 e. The summed E-state index contributed by atoms with van der Waals surface area (Å²) in [4.78, 5) is 12.2. The van der Waals surface area contributed by atoms with E-state index >= 15 is 0 Å². The first-order chi connectivity index (χ1) is 6.11. The highest BCUT2D eigenvalue weighted by molar-refractivity contribution is 5.65. The lowest BCUT2D eigenvalue weighted by atomic mass is 10.1. The number of rotatable bonds is 2. The lowest BCUT2D eigenvalue weighted by Crippen LogP contribution is -2.45. The highest BCUT2D eigenvalue weighted by Gasteiger charge is 2.27. The minimum absolute atomic E-state index is 0.0879. The van der Waals surface area contributed by atoms with Gasteiger partial charge in [-0.05, 0) is 33.1 Å². The molecule has 1 aliphatic heterocycles. The molecular weight excluding hydrogens is 170 g/mol. The van der Waals surface area contributed by atoms with Crippen LogP contribution < -0.4 is 0 Å². The summed E-state index contributed by atoms with van der Waals surface area (Å²) in [5.74, 6) is 0. The van der Waals surface area contributed by atoms with Gasteiger partial charge in [0.2, 0.25) is 0 Å². The van der Waals surface area contributed by atoms with E-state index in [0.29, 0.717) is 6.54 Å². The van der Waals surface area contributed by atoms with Gasteiger partial charge in [-0.1, -0.05) is 0 Å². The first-order valence-electron chi connectivity index (χ1n) is 4.76. The predicted octanol–water partition coefficient (Wildman–Crippen LogP) is 1.90. The molecule has 13 heavy (non-hydrogen) atoms. The van der Waals surface area contributed by atoms with Gasteiger partial charge in [-0.25, -0.2) is 4.79 Å². The van der Waals surface area contributed by atoms with Crippen molar-refractivity contribution in [3.63, 3.8) is 0 Å². The van der Waals surface area contributed by atoms with Crippen LogP contribution in [0.2, 0.25) is 0 Å². The van der Waals surface area contributed by atoms with Crippen molar-refractivity contribution in [2.45, 2.75) is 45.4 Å². The third-order valence-corrected chi connectivity index (χ3v) is 2.12. The molecule has 1 heterocycles. The Morgan fingerprint density at radius 3 is 2.77 bits per heavy atom. The summed E-state index contributed by atoms with van der Waals surface area (Å²) < 4.78 is 5.51. The quantitative estimate of drug-likeness (QED) is 0.718. The van der Waals surface area contributed by atoms with Gasteiger partial charge in [-0.3, -0.25) is 4.90 Å². The Balaban J connectivity index is 2.51. The molecule has 76 valence electrons. The number of carboxylic acid groups (broad SMARTS) is 1. The standard InChI is InChI=1S/C9H17NO3/c1-7(2)13-8-5-3-4-6-10(8)9(11)12/h7-8H,3-6H2,1-2H3,(H,11,12). The average Bonchev–Trinajstić information content (AvgIpc) is 2.03. The minimum atomic E-state index is -0.870. The van der Waals surface area contributed by atoms with E-state index in [1.807, 2.05) is 13.8 Å². The third kappa shape index (κ3) is 2.88. The average molecular weight is 187 g/mol. The van der Waals surface area contributed by atoms with E-state index in [1.54, 1.807) is 0 Å². The van der Waals surface area contributed by atoms with Gasteiger partial charge in [0.05, 0.1) is 6.10 Å². The Kier molecular flexibility index (Phi) is 3.54. The molecule has 0 bridgehead atoms. The van der Waals surface area contributed by atoms with Crippen LogP contribution in [-0.2, 0) is 4.74 Å². The van der Waals surface area contributed by atoms with Crippen LogP contribution in [0.1, 0.15) is 33.1 Å². The summed E-state index contributed by atoms with van der Waals surface area (Å²) in [7, 11) is 0. The van der Waals surface area contributed by atoms with Crippen molar-refractivity contribution in [3.05, 3.63) is 0 Å². The van der Waals surface area contributed by atoms with Crippen molar-refractivity contribution in [1.29, 1.82) is 0 Å². The van der Waals surface area contributed by atoms with Gasteiger partial charge in [0, 0.05) is 6.54 Å². The molecule has 1 fully saturated rings. The number of likely N-dealkylation sites (tertiary alicyclic amines) is 1. The summed E-state index contributed by atoms with van der Waals surface area (Å²) in [6.07, 6.45) is 1.82. The molecule has 1 saturated heterocycles. The zero-order chi connectivity index (χ0) is 9.84. The van der Waals surface area contributed by atoms with Crippen molar-refractivity contribution < 1.29 is 14.6 Å². The van der Waals surface area contributed by atoms with Gasteiger partial charge in [-0.2, -0.15) is 0 Å². The normalized spacial score (nSPS) is 23.6. The zero-order valence-electron chi connectivity index (χ0n) is 8.19. The molecule has 1 unspecified atom stereocenters. The Morgan fingerprint density at radius 2 is 2.23 bits per heavy atom. The number of carbonyl (C=O) groups is 1. The van der Waals surface area contributed by atoms with Crippen molar-refractivity contribution in [2.75, 3.05) is 6.54 Å². The van der Waals surface area contributed by atoms with Crippen molar-refractivity contribution >= 4 is 6.09 Å². The van der Waals surface area contributed by atoms with Crippen LogP contribution in [0.3, 0.4) is 0 Å². The van der Waals surface area contributed by atoms with Crippen LogP contribution in [0.25, 0.3) is 0 Å². The molecular formula is C9H17NO3. The van der Waals surface area contributed by atoms with Gasteiger partial charge >= 0.3 is 6.09 Å². The number of hydrogen-bond acceptors (Lipinski definition) is 2. The fourth-order valence-electron chi connectivity index (χ4n) is 1.58. The molecule has 0 saturated carbocycles. The van der Waals surface area contributed by atoms with Gasteiger partial charge < -0.3 is 9.84 Å². The van der Waals surface area contributed by atoms with Crippen LogP contribution in [-0.4, -0.2) is 35.0 Å². The van der Waals surface area contributed by atoms with Crippen LogP contribution in [0.4, 0.5) is 4.79 Å². The van der Waals surface area contributed by atoms with E-state index in [9.17, 15) is 4.79 Å². The molecule has 0 spiro atoms. The van der Waals surface area contributed by atoms with Gasteiger partial charge in [0.25, 0.3) is 0 Å². The van der Waals surface area contributed by atoms with E-state index in [1.165, 1.54) is 4.90 Å². The Morgan fingerprint density at radius 1 is 1.54 bits per heavy atom. The summed E-state index contributed by atoms with van der Waals surface area (Å²) >= 11 is 0. The zero-order valence-corrected chi connectivity index (χ0v) is 8.19. The van der Waals surface area contributed by atoms with Gasteiger partial charge in [0.1, 0.15) is 6.23 Å². The van der Waals surface area contributed by atoms with Gasteiger partial charge in [-0.15, -0.1) is 0 Å². The molecule has 1 rings (SSSR count). The number of ether oxygens (including phenoxy) is 1. The van der Waals surface area contributed by atoms with Crippen LogP contribution in [0.15, 0.2) is 0 Å². The Hall–Kier alpha value is -0.770. The molecule has 1 atom stereocenters. The fraction of sp³-hybridized carbons (Fsp3) is 0.889. The Bertz CT molecular complexity index is 182. The molecule has 1 N–H and O–H groups in total. The van der Waals surface area contributed by atoms with Gasteiger partial charge in [0.15, 0.2) is 0 Å². The fourth-order valence-corrected chi connectivity index (χ4v) is 1.58. The number of piperidine rings is 1. The molecule has 0 aromatic heterocycles. The minimum Gasteiger partial charge on any atom is -0.465 e. The highest BCUT2D eigenvalue weighted by atomic mass is 16.5. The largest absolute Gasteiger partial charge is 0.465 e. The first-order valence-corrected chi connectivity index (χ1v) is 4.76. The lowest BCUT2D eigenvalue weighted by molar-refractivity contribution is -0.0919. The maximum absolute atomic E-state index is 10.8. The van der Waals surface area contributed by atoms with Crippen LogP contribution in [0, 0.1) is 0 Å². The SMILES string of the molecule is CC(C)OC1CCCCN1C(=O)O. The summed E-state index contributed by atoms with van der Waals surface area (Å²) in [6.45, 7) is 4.45. The third-order valence-electron chi connectivity index (χ3n) is 2.12. The Labute approximate surface area is 78.5 Å². The number of hydrogen-bond donors (Lipinski definition) is 1. The molecule has 0 aromatic rings. The summed E-state index contributed by atoms with van der Waals surface area (Å²) in [5, 5.41) is 8.87. The van der Waals surface area contributed by atoms with Crippen LogP contribution >= 0.6 is 0 Å². The molecule has 1 aliphatic rings. The monoisotopic (exact) mass is 187 g/mol. The van der Waals surface area contributed by atoms with E-state index in [4.69, 9.17) is 9.84 Å². The molecule has 0 aromatic carbocycles. The second kappa shape index (κ2) is 4.46. The molecule has 1 amide bonds. The van der Waals surface area contributed by atoms with E-state index in [0.717, 1.165) is 19.3 Å². The second-order valence-electron chi connectivity index (χ2n) is 3.61. The predicted molar refractivity (Wildman–Crippen MR) is 48.6 cm³/mol. The van der Waals surface area contributed by atoms with Crippen molar-refractivity contribution in [3.8, 4) is 0 Å².